The van der Waals surface area contributed by atoms with E-state index in [1.54, 1.807) is 24.3 Å². The van der Waals surface area contributed by atoms with Crippen molar-refractivity contribution in [2.75, 3.05) is 0 Å². The van der Waals surface area contributed by atoms with Gasteiger partial charge in [-0.1, -0.05) is 191 Å². The van der Waals surface area contributed by atoms with Crippen molar-refractivity contribution in [3.63, 3.8) is 0 Å². The second-order valence-electron chi connectivity index (χ2n) is 17.7. The Morgan fingerprint density at radius 3 is 1.57 bits per heavy atom. The summed E-state index contributed by atoms with van der Waals surface area (Å²) >= 11 is 13.1. The van der Waals surface area contributed by atoms with Crippen LogP contribution in [0.5, 0.6) is 0 Å². The van der Waals surface area contributed by atoms with E-state index in [1.165, 1.54) is 0 Å². The summed E-state index contributed by atoms with van der Waals surface area (Å²) in [4.78, 5) is 14.6. The minimum Gasteiger partial charge on any atom is -0.447 e. The lowest BCUT2D eigenvalue weighted by molar-refractivity contribution is 0.584. The van der Waals surface area contributed by atoms with Crippen molar-refractivity contribution in [3.8, 4) is 17.3 Å². The van der Waals surface area contributed by atoms with Gasteiger partial charge in [0, 0.05) is 55.3 Å². The zero-order valence-electron chi connectivity index (χ0n) is 37.7. The third kappa shape index (κ3) is 7.32. The maximum Gasteiger partial charge on any atom is 0.327 e. The zero-order valence-corrected chi connectivity index (χ0v) is 39.2. The molecule has 0 radical (unpaired) electrons. The number of halogens is 2. The molecular weight excluding hydrogens is 905 g/mol. The summed E-state index contributed by atoms with van der Waals surface area (Å²) in [7, 11) is 0. The third-order valence-electron chi connectivity index (χ3n) is 13.3. The molecule has 0 aliphatic heterocycles. The van der Waals surface area contributed by atoms with Gasteiger partial charge in [-0.3, -0.25) is 0 Å². The summed E-state index contributed by atoms with van der Waals surface area (Å²) in [6.07, 6.45) is 1.77. The lowest BCUT2D eigenvalue weighted by Crippen LogP contribution is -2.54. The summed E-state index contributed by atoms with van der Waals surface area (Å²) in [5.74, 6) is 0.345. The van der Waals surface area contributed by atoms with E-state index in [9.17, 15) is 11.8 Å². The van der Waals surface area contributed by atoms with E-state index in [-0.39, 0.29) is 29.0 Å². The number of oxazole rings is 2. The Labute approximate surface area is 414 Å². The number of hydrogen-bond acceptors (Lipinski definition) is 5. The largest absolute Gasteiger partial charge is 0.447 e. The van der Waals surface area contributed by atoms with Crippen molar-refractivity contribution in [1.29, 1.82) is 5.26 Å². The molecule has 1 aliphatic rings. The molecule has 0 atom stereocenters. The summed E-state index contributed by atoms with van der Waals surface area (Å²) in [5.41, 5.74) is 10.2. The molecule has 8 nitrogen and oxygen atoms in total. The molecule has 4 aromatic heterocycles. The Hall–Kier alpha value is -8.27. The van der Waals surface area contributed by atoms with Gasteiger partial charge in [0.2, 0.25) is 11.8 Å². The van der Waals surface area contributed by atoms with Crippen LogP contribution in [0, 0.1) is 24.8 Å². The monoisotopic (exact) mass is 942 g/mol. The van der Waals surface area contributed by atoms with Gasteiger partial charge in [0.25, 0.3) is 5.70 Å². The summed E-state index contributed by atoms with van der Waals surface area (Å²) < 4.78 is 18.0. The Kier molecular flexibility index (Phi) is 10.9. The van der Waals surface area contributed by atoms with E-state index < -0.39 is 13.7 Å². The van der Waals surface area contributed by atoms with Gasteiger partial charge in [0.15, 0.2) is 11.2 Å². The standard InChI is InChI=1S/C58H38B2Cl2N6O2/c1-36-17-15-16-26-44(36)54-51-50(56(52(64-2)58-66-47-32-30-43(62)34-49(47)70-58)68(54)60(40-22-11-5-12-23-40)41-24-13-6-14-25-41)53(37-27-28-37)67(59(38-18-7-3-8-19-38)39-20-9-4-10-21-39)55(51)45(35-63)57-65-46-31-29-42(61)33-48(46)69-57/h3-26,29-34,37H,27-28H2,1H3/b55-45-,56-52+. The molecule has 0 amide bonds. The number of rotatable bonds is 10. The van der Waals surface area contributed by atoms with Gasteiger partial charge < -0.3 is 17.8 Å². The van der Waals surface area contributed by atoms with Crippen LogP contribution in [0.1, 0.15) is 41.8 Å². The second kappa shape index (κ2) is 17.7. The van der Waals surface area contributed by atoms with E-state index in [2.05, 4.69) is 112 Å². The molecule has 1 aliphatic carbocycles. The van der Waals surface area contributed by atoms with E-state index in [0.717, 1.165) is 68.0 Å². The fraction of sp³-hybridized carbons (Fsp3) is 0.0690. The van der Waals surface area contributed by atoms with E-state index in [0.29, 0.717) is 42.9 Å². The predicted molar refractivity (Wildman–Crippen MR) is 283 cm³/mol. The molecule has 1 fully saturated rings. The van der Waals surface area contributed by atoms with Gasteiger partial charge in [-0.15, -0.1) is 0 Å². The van der Waals surface area contributed by atoms with Crippen LogP contribution in [0.3, 0.4) is 0 Å². The van der Waals surface area contributed by atoms with E-state index >= 15 is 0 Å². The highest BCUT2D eigenvalue weighted by atomic mass is 35.5. The van der Waals surface area contributed by atoms with Crippen molar-refractivity contribution in [3.05, 3.63) is 237 Å². The van der Waals surface area contributed by atoms with Crippen LogP contribution in [0.15, 0.2) is 191 Å². The van der Waals surface area contributed by atoms with Crippen LogP contribution in [0.2, 0.25) is 10.0 Å². The highest BCUT2D eigenvalue weighted by molar-refractivity contribution is 6.85. The van der Waals surface area contributed by atoms with Gasteiger partial charge in [-0.2, -0.15) is 5.26 Å². The summed E-state index contributed by atoms with van der Waals surface area (Å²) in [5, 5.41) is 15.8. The molecule has 0 saturated heterocycles. The molecule has 70 heavy (non-hydrogen) atoms. The molecule has 11 aromatic rings. The van der Waals surface area contributed by atoms with Crippen molar-refractivity contribution in [2.45, 2.75) is 25.7 Å². The Morgan fingerprint density at radius 2 is 1.09 bits per heavy atom. The van der Waals surface area contributed by atoms with Gasteiger partial charge in [-0.25, -0.2) is 14.8 Å². The van der Waals surface area contributed by atoms with Gasteiger partial charge in [0.1, 0.15) is 22.7 Å². The lowest BCUT2D eigenvalue weighted by Gasteiger charge is -2.24. The van der Waals surface area contributed by atoms with Gasteiger partial charge in [-0.05, 0) is 55.5 Å². The number of nitriles is 1. The quantitative estimate of drug-likeness (QED) is 0.101. The molecule has 0 spiro atoms. The molecule has 0 unspecified atom stereocenters. The molecule has 7 aromatic carbocycles. The highest BCUT2D eigenvalue weighted by Crippen LogP contribution is 2.45. The number of aromatic nitrogens is 4. The van der Waals surface area contributed by atoms with Crippen LogP contribution < -0.4 is 32.5 Å². The molecule has 0 N–H and O–H groups in total. The molecule has 332 valence electrons. The average Bonchev–Trinajstić information content (AvgIpc) is 3.71. The lowest BCUT2D eigenvalue weighted by atomic mass is 9.50. The van der Waals surface area contributed by atoms with E-state index in [1.807, 2.05) is 72.8 Å². The van der Waals surface area contributed by atoms with Crippen LogP contribution in [0.4, 0.5) is 0 Å². The van der Waals surface area contributed by atoms with Crippen LogP contribution >= 0.6 is 23.2 Å². The fourth-order valence-corrected chi connectivity index (χ4v) is 10.6. The highest BCUT2D eigenvalue weighted by Gasteiger charge is 2.41. The first-order valence-corrected chi connectivity index (χ1v) is 23.9. The van der Waals surface area contributed by atoms with Crippen LogP contribution in [-0.4, -0.2) is 32.6 Å². The number of fused-ring (bicyclic) bond motifs is 3. The topological polar surface area (TPSA) is 90.1 Å². The SMILES string of the molecule is [C-]#[N+]/C(c1nc2ccc(Cl)cc2o1)=c1\c2c(C3CC3)n(B(c3ccccc3)c3ccccc3)/c(=C(/C#N)c3nc4ccc(Cl)cc4o3)c2c(-c2ccccc2C)n1B(c1ccccc1)c1ccccc1. The van der Waals surface area contributed by atoms with Crippen molar-refractivity contribution < 1.29 is 8.83 Å². The Bertz CT molecular complexity index is 3860. The first kappa shape index (κ1) is 43.0. The predicted octanol–water partition coefficient (Wildman–Crippen LogP) is 9.99. The second-order valence-corrected chi connectivity index (χ2v) is 18.5. The number of hydrogen-bond donors (Lipinski definition) is 0. The summed E-state index contributed by atoms with van der Waals surface area (Å²) in [6, 6.07) is 63.2. The fourth-order valence-electron chi connectivity index (χ4n) is 10.2. The maximum absolute atomic E-state index is 12.0. The minimum atomic E-state index is -0.501. The Morgan fingerprint density at radius 1 is 0.614 bits per heavy atom. The molecule has 1 saturated carbocycles. The molecule has 4 heterocycles. The zero-order chi connectivity index (χ0) is 47.5. The van der Waals surface area contributed by atoms with Crippen LogP contribution in [0.25, 0.3) is 60.3 Å². The molecule has 12 rings (SSSR count). The van der Waals surface area contributed by atoms with Crippen molar-refractivity contribution >= 4 is 103 Å². The number of nitrogens with zero attached hydrogens (tertiary/aromatic N) is 6. The number of aryl methyl sites for hydroxylation is 1. The molecular formula is C58H38B2Cl2N6O2. The average molecular weight is 944 g/mol. The van der Waals surface area contributed by atoms with Crippen molar-refractivity contribution in [1.82, 2.24) is 18.9 Å². The van der Waals surface area contributed by atoms with Crippen molar-refractivity contribution in [2.24, 2.45) is 0 Å². The Balaban J connectivity index is 1.42. The normalized spacial score (nSPS) is 13.3. The van der Waals surface area contributed by atoms with Gasteiger partial charge in [0.05, 0.1) is 11.9 Å². The summed E-state index contributed by atoms with van der Waals surface area (Å²) in [6.45, 7) is 10.5. The third-order valence-corrected chi connectivity index (χ3v) is 13.8. The van der Waals surface area contributed by atoms with Crippen LogP contribution in [-0.2, 0) is 0 Å². The minimum absolute atomic E-state index is 0.0363. The van der Waals surface area contributed by atoms with Gasteiger partial charge >= 0.3 is 13.7 Å². The number of benzene rings is 7. The maximum atomic E-state index is 12.0. The molecule has 0 bridgehead atoms. The van der Waals surface area contributed by atoms with E-state index in [4.69, 9.17) is 42.0 Å². The first-order chi connectivity index (χ1) is 34.4. The molecule has 12 heteroatoms. The first-order valence-electron chi connectivity index (χ1n) is 23.1. The smallest absolute Gasteiger partial charge is 0.327 e.